The molecule has 8 heteroatoms. The number of nitrogens with one attached hydrogen (secondary N) is 1. The number of anilines is 1. The fourth-order valence-electron chi connectivity index (χ4n) is 7.69. The number of likely N-dealkylation sites (N-methyl/N-ethyl adjacent to an activating group) is 1. The Balaban J connectivity index is 0.00000265. The largest absolute Gasteiger partial charge is 0.489 e. The summed E-state index contributed by atoms with van der Waals surface area (Å²) < 4.78 is 34.4. The quantitative estimate of drug-likeness (QED) is 0.206. The number of aliphatic hydroxyl groups excluding tert-OH is 1. The van der Waals surface area contributed by atoms with Crippen molar-refractivity contribution in [1.29, 1.82) is 0 Å². The van der Waals surface area contributed by atoms with Crippen LogP contribution < -0.4 is 14.5 Å². The molecule has 270 valence electrons. The van der Waals surface area contributed by atoms with Gasteiger partial charge in [-0.1, -0.05) is 82.9 Å². The van der Waals surface area contributed by atoms with Crippen molar-refractivity contribution in [2.75, 3.05) is 64.6 Å². The topological polar surface area (TPSA) is 74.5 Å². The van der Waals surface area contributed by atoms with E-state index >= 15 is 0 Å². The number of piperazine rings is 1. The van der Waals surface area contributed by atoms with Gasteiger partial charge in [-0.15, -0.1) is 0 Å². The predicted molar refractivity (Wildman–Crippen MR) is 203 cm³/mol. The molecule has 2 aliphatic heterocycles. The van der Waals surface area contributed by atoms with Gasteiger partial charge in [0, 0.05) is 51.5 Å². The number of sulfone groups is 1. The lowest BCUT2D eigenvalue weighted by atomic mass is 9.70. The second-order valence-corrected chi connectivity index (χ2v) is 16.3. The van der Waals surface area contributed by atoms with Crippen LogP contribution in [0.4, 0.5) is 5.69 Å². The summed E-state index contributed by atoms with van der Waals surface area (Å²) in [5.74, 6) is 1.08. The first-order valence-electron chi connectivity index (χ1n) is 18.5. The summed E-state index contributed by atoms with van der Waals surface area (Å²) in [6.45, 7) is 14.2. The van der Waals surface area contributed by atoms with Crippen LogP contribution in [0.25, 0.3) is 0 Å². The minimum atomic E-state index is -3.44. The van der Waals surface area contributed by atoms with Crippen molar-refractivity contribution in [3.63, 3.8) is 0 Å². The van der Waals surface area contributed by atoms with Crippen LogP contribution in [0.1, 0.15) is 93.9 Å². The average Bonchev–Trinajstić information content (AvgIpc) is 3.22. The van der Waals surface area contributed by atoms with E-state index in [2.05, 4.69) is 85.2 Å². The Kier molecular flexibility index (Phi) is 14.6. The molecular weight excluding hydrogens is 631 g/mol. The van der Waals surface area contributed by atoms with Gasteiger partial charge in [-0.2, -0.15) is 0 Å². The highest BCUT2D eigenvalue weighted by molar-refractivity contribution is 7.91. The van der Waals surface area contributed by atoms with E-state index in [4.69, 9.17) is 9.84 Å². The lowest BCUT2D eigenvalue weighted by Crippen LogP contribution is -3.13. The van der Waals surface area contributed by atoms with Crippen molar-refractivity contribution < 1.29 is 23.2 Å². The Morgan fingerprint density at radius 3 is 2.06 bits per heavy atom. The fraction of sp³-hybridized carbons (Fsp3) is 0.561. The van der Waals surface area contributed by atoms with E-state index in [0.29, 0.717) is 11.5 Å². The number of ether oxygens (including phenoxy) is 1. The van der Waals surface area contributed by atoms with Crippen LogP contribution in [0.15, 0.2) is 71.6 Å². The van der Waals surface area contributed by atoms with Gasteiger partial charge in [-0.3, -0.25) is 4.90 Å². The van der Waals surface area contributed by atoms with Gasteiger partial charge in [0.15, 0.2) is 9.84 Å². The molecule has 0 bridgehead atoms. The molecule has 0 amide bonds. The standard InChI is InChI=1S/C40H57N3O3S.CH4O/c1-6-9-21-40(22-10-7-2)28-38(37-27-35(41(4)5)17-20-39(37)47(44,45)31-40)34-15-18-36(19-16-34)46-30-33-13-11-32(12-14-33)29-43-25-23-42(8-3)24-26-43;1-2/h11-20,27,38H,6-10,21-26,28-31H2,1-5H3;2H,1H3/p+1/t38-;/m1./s1. The molecule has 2 N–H and O–H groups in total. The van der Waals surface area contributed by atoms with Gasteiger partial charge < -0.3 is 19.6 Å². The van der Waals surface area contributed by atoms with Crippen molar-refractivity contribution in [2.24, 2.45) is 5.41 Å². The number of hydrogen-bond donors (Lipinski definition) is 2. The van der Waals surface area contributed by atoms with Crippen molar-refractivity contribution in [3.05, 3.63) is 89.0 Å². The molecule has 0 aliphatic carbocycles. The summed E-state index contributed by atoms with van der Waals surface area (Å²) in [5, 5.41) is 7.00. The number of fused-ring (bicyclic) bond motifs is 1. The second kappa shape index (κ2) is 18.4. The lowest BCUT2D eigenvalue weighted by molar-refractivity contribution is -0.918. The van der Waals surface area contributed by atoms with E-state index in [9.17, 15) is 8.42 Å². The number of aliphatic hydroxyl groups is 1. The number of quaternary nitrogens is 1. The second-order valence-electron chi connectivity index (χ2n) is 14.4. The van der Waals surface area contributed by atoms with Crippen LogP contribution in [0, 0.1) is 5.41 Å². The number of rotatable bonds is 14. The first-order chi connectivity index (χ1) is 23.6. The third kappa shape index (κ3) is 10.3. The number of hydrogen-bond acceptors (Lipinski definition) is 6. The molecule has 0 unspecified atom stereocenters. The van der Waals surface area contributed by atoms with Crippen molar-refractivity contribution >= 4 is 15.5 Å². The summed E-state index contributed by atoms with van der Waals surface area (Å²) in [6, 6.07) is 23.3. The van der Waals surface area contributed by atoms with Gasteiger partial charge in [0.05, 0.1) is 23.7 Å². The molecule has 49 heavy (non-hydrogen) atoms. The minimum absolute atomic E-state index is 0.00422. The zero-order chi connectivity index (χ0) is 35.4. The Labute approximate surface area is 297 Å². The van der Waals surface area contributed by atoms with E-state index in [1.54, 1.807) is 4.90 Å². The molecule has 1 saturated heterocycles. The Morgan fingerprint density at radius 2 is 1.49 bits per heavy atom. The lowest BCUT2D eigenvalue weighted by Gasteiger charge is -2.35. The summed E-state index contributed by atoms with van der Waals surface area (Å²) >= 11 is 0. The molecule has 2 aliphatic rings. The van der Waals surface area contributed by atoms with E-state index in [1.807, 2.05) is 26.2 Å². The summed E-state index contributed by atoms with van der Waals surface area (Å²) in [6.07, 6.45) is 6.99. The molecule has 0 aromatic heterocycles. The monoisotopic (exact) mass is 692 g/mol. The Hall–Kier alpha value is -2.91. The molecule has 2 heterocycles. The molecule has 7 nitrogen and oxygen atoms in total. The van der Waals surface area contributed by atoms with Crippen LogP contribution in [0.3, 0.4) is 0 Å². The first kappa shape index (κ1) is 38.9. The van der Waals surface area contributed by atoms with Crippen LogP contribution in [-0.2, 0) is 23.0 Å². The molecular formula is C41H62N3O4S+. The van der Waals surface area contributed by atoms with E-state index in [-0.39, 0.29) is 17.1 Å². The van der Waals surface area contributed by atoms with Crippen molar-refractivity contribution in [2.45, 2.75) is 89.7 Å². The van der Waals surface area contributed by atoms with Gasteiger partial charge in [0.1, 0.15) is 18.9 Å². The Morgan fingerprint density at radius 1 is 0.878 bits per heavy atom. The number of nitrogens with zero attached hydrogens (tertiary/aromatic N) is 2. The highest BCUT2D eigenvalue weighted by Crippen LogP contribution is 2.50. The molecule has 1 atom stereocenters. The highest BCUT2D eigenvalue weighted by Gasteiger charge is 2.43. The third-order valence-corrected chi connectivity index (χ3v) is 12.7. The van der Waals surface area contributed by atoms with Crippen LogP contribution in [-0.4, -0.2) is 78.1 Å². The SMILES string of the molecule is CCCCC1(CCCC)C[C@H](c2ccc(OCc3ccc(C[NH+]4CCN(CC)CC4)cc3)cc2)c2cc(N(C)C)ccc2S(=O)(=O)C1.CO. The molecule has 3 aromatic rings. The van der Waals surface area contributed by atoms with Crippen LogP contribution in [0.2, 0.25) is 0 Å². The molecule has 0 spiro atoms. The van der Waals surface area contributed by atoms with Crippen molar-refractivity contribution in [3.8, 4) is 5.75 Å². The van der Waals surface area contributed by atoms with Crippen LogP contribution in [0.5, 0.6) is 5.75 Å². The smallest absolute Gasteiger partial charge is 0.179 e. The number of benzene rings is 3. The molecule has 0 radical (unpaired) electrons. The number of unbranched alkanes of at least 4 members (excludes halogenated alkanes) is 2. The predicted octanol–water partition coefficient (Wildman–Crippen LogP) is 6.34. The minimum Gasteiger partial charge on any atom is -0.489 e. The van der Waals surface area contributed by atoms with Crippen LogP contribution >= 0.6 is 0 Å². The van der Waals surface area contributed by atoms with E-state index < -0.39 is 9.84 Å². The van der Waals surface area contributed by atoms with Gasteiger partial charge in [-0.25, -0.2) is 8.42 Å². The maximum Gasteiger partial charge on any atom is 0.179 e. The molecule has 5 rings (SSSR count). The van der Waals surface area contributed by atoms with Crippen molar-refractivity contribution in [1.82, 2.24) is 4.90 Å². The summed E-state index contributed by atoms with van der Waals surface area (Å²) in [5.41, 5.74) is 5.45. The summed E-state index contributed by atoms with van der Waals surface area (Å²) in [4.78, 5) is 6.77. The molecule has 3 aromatic carbocycles. The van der Waals surface area contributed by atoms with E-state index in [0.717, 1.165) is 87.7 Å². The fourth-order valence-corrected chi connectivity index (χ4v) is 9.90. The van der Waals surface area contributed by atoms with Gasteiger partial charge in [0.2, 0.25) is 0 Å². The summed E-state index contributed by atoms with van der Waals surface area (Å²) in [7, 11) is 1.60. The third-order valence-electron chi connectivity index (χ3n) is 10.7. The van der Waals surface area contributed by atoms with Gasteiger partial charge >= 0.3 is 0 Å². The zero-order valence-electron chi connectivity index (χ0n) is 31.0. The first-order valence-corrected chi connectivity index (χ1v) is 20.2. The Bertz CT molecular complexity index is 1520. The molecule has 0 saturated carbocycles. The van der Waals surface area contributed by atoms with E-state index in [1.165, 1.54) is 37.3 Å². The molecule has 1 fully saturated rings. The maximum absolute atomic E-state index is 14.1. The zero-order valence-corrected chi connectivity index (χ0v) is 31.8. The van der Waals surface area contributed by atoms with Gasteiger partial charge in [0.25, 0.3) is 0 Å². The average molecular weight is 693 g/mol. The normalized spacial score (nSPS) is 18.9. The maximum atomic E-state index is 14.1. The van der Waals surface area contributed by atoms with Gasteiger partial charge in [-0.05, 0) is 78.2 Å². The highest BCUT2D eigenvalue weighted by atomic mass is 32.2.